The molecule has 2 N–H and O–H groups in total. The normalized spacial score (nSPS) is 14.2. The summed E-state index contributed by atoms with van der Waals surface area (Å²) < 4.78 is 2.79. The number of aromatic nitrogens is 2. The molecule has 0 aliphatic heterocycles. The van der Waals surface area contributed by atoms with Gasteiger partial charge < -0.3 is 15.2 Å². The third-order valence-corrected chi connectivity index (χ3v) is 4.22. The number of nitrogen functional groups attached to an aromatic ring is 1. The summed E-state index contributed by atoms with van der Waals surface area (Å²) in [7, 11) is 1.94. The topological polar surface area (TPSA) is 64.2 Å². The Morgan fingerprint density at radius 1 is 1.52 bits per heavy atom. The number of benzene rings is 1. The average molecular weight is 349 g/mol. The van der Waals surface area contributed by atoms with Crippen LogP contribution in [0.1, 0.15) is 29.0 Å². The van der Waals surface area contributed by atoms with Crippen molar-refractivity contribution in [2.75, 3.05) is 5.73 Å². The summed E-state index contributed by atoms with van der Waals surface area (Å²) in [6.07, 6.45) is 5.73. The Bertz CT molecular complexity index is 678. The zero-order valence-corrected chi connectivity index (χ0v) is 13.4. The molecule has 21 heavy (non-hydrogen) atoms. The molecule has 110 valence electrons. The molecule has 1 heterocycles. The Kier molecular flexibility index (Phi) is 3.71. The van der Waals surface area contributed by atoms with Crippen LogP contribution < -0.4 is 5.73 Å². The van der Waals surface area contributed by atoms with Crippen LogP contribution in [-0.2, 0) is 13.6 Å². The number of anilines is 1. The molecule has 1 aliphatic carbocycles. The molecule has 3 rings (SSSR count). The van der Waals surface area contributed by atoms with Gasteiger partial charge in [-0.15, -0.1) is 0 Å². The molecule has 5 nitrogen and oxygen atoms in total. The van der Waals surface area contributed by atoms with Crippen molar-refractivity contribution < 1.29 is 4.79 Å². The van der Waals surface area contributed by atoms with Crippen molar-refractivity contribution in [2.24, 2.45) is 7.05 Å². The van der Waals surface area contributed by atoms with E-state index in [4.69, 9.17) is 5.73 Å². The van der Waals surface area contributed by atoms with E-state index in [1.54, 1.807) is 18.3 Å². The lowest BCUT2D eigenvalue weighted by molar-refractivity contribution is 0.0725. The van der Waals surface area contributed by atoms with E-state index in [9.17, 15) is 4.79 Å². The summed E-state index contributed by atoms with van der Waals surface area (Å²) in [5.74, 6) is 0.850. The molecule has 1 aromatic carbocycles. The van der Waals surface area contributed by atoms with Crippen LogP contribution in [0, 0.1) is 0 Å². The lowest BCUT2D eigenvalue weighted by atomic mass is 10.1. The highest BCUT2D eigenvalue weighted by Crippen LogP contribution is 2.31. The molecule has 0 atom stereocenters. The van der Waals surface area contributed by atoms with E-state index in [1.165, 1.54) is 0 Å². The minimum absolute atomic E-state index is 0.0284. The van der Waals surface area contributed by atoms with Crippen LogP contribution in [0.3, 0.4) is 0 Å². The van der Waals surface area contributed by atoms with Gasteiger partial charge in [-0.3, -0.25) is 4.79 Å². The smallest absolute Gasteiger partial charge is 0.256 e. The highest BCUT2D eigenvalue weighted by Gasteiger charge is 2.34. The van der Waals surface area contributed by atoms with Gasteiger partial charge in [-0.05, 0) is 31.0 Å². The molecule has 1 saturated carbocycles. The van der Waals surface area contributed by atoms with Gasteiger partial charge in [0.25, 0.3) is 5.91 Å². The Labute approximate surface area is 131 Å². The highest BCUT2D eigenvalue weighted by molar-refractivity contribution is 9.10. The van der Waals surface area contributed by atoms with Crippen LogP contribution in [0.15, 0.2) is 35.1 Å². The van der Waals surface area contributed by atoms with Gasteiger partial charge in [-0.1, -0.05) is 15.9 Å². The van der Waals surface area contributed by atoms with E-state index < -0.39 is 0 Å². The van der Waals surface area contributed by atoms with Crippen molar-refractivity contribution in [3.05, 3.63) is 46.5 Å². The monoisotopic (exact) mass is 348 g/mol. The van der Waals surface area contributed by atoms with E-state index >= 15 is 0 Å². The molecule has 1 amide bonds. The number of rotatable bonds is 4. The van der Waals surface area contributed by atoms with Crippen LogP contribution in [0.2, 0.25) is 0 Å². The molecule has 1 fully saturated rings. The number of hydrogen-bond acceptors (Lipinski definition) is 3. The standard InChI is InChI=1S/C15H17BrN4O/c1-19-7-6-18-14(19)9-20(11-3-4-11)15(21)12-8-10(16)2-5-13(12)17/h2,5-8,11H,3-4,9,17H2,1H3. The maximum Gasteiger partial charge on any atom is 0.256 e. The second-order valence-electron chi connectivity index (χ2n) is 5.35. The Morgan fingerprint density at radius 3 is 2.90 bits per heavy atom. The fraction of sp³-hybridized carbons (Fsp3) is 0.333. The van der Waals surface area contributed by atoms with Crippen LogP contribution in [0.5, 0.6) is 0 Å². The molecule has 0 saturated heterocycles. The number of imidazole rings is 1. The lowest BCUT2D eigenvalue weighted by Gasteiger charge is -2.23. The molecule has 0 bridgehead atoms. The second-order valence-corrected chi connectivity index (χ2v) is 6.27. The van der Waals surface area contributed by atoms with Gasteiger partial charge in [0.15, 0.2) is 0 Å². The fourth-order valence-electron chi connectivity index (χ4n) is 2.32. The van der Waals surface area contributed by atoms with Gasteiger partial charge in [0, 0.05) is 35.6 Å². The number of carbonyl (C=O) groups excluding carboxylic acids is 1. The van der Waals surface area contributed by atoms with E-state index in [1.807, 2.05) is 28.8 Å². The third kappa shape index (κ3) is 2.95. The number of nitrogens with two attached hydrogens (primary N) is 1. The number of hydrogen-bond donors (Lipinski definition) is 1. The quantitative estimate of drug-likeness (QED) is 0.863. The maximum absolute atomic E-state index is 12.8. The first-order valence-corrected chi connectivity index (χ1v) is 7.68. The van der Waals surface area contributed by atoms with Gasteiger partial charge in [0.1, 0.15) is 5.82 Å². The van der Waals surface area contributed by atoms with Crippen molar-refractivity contribution in [1.82, 2.24) is 14.5 Å². The van der Waals surface area contributed by atoms with Crippen LogP contribution in [-0.4, -0.2) is 26.4 Å². The largest absolute Gasteiger partial charge is 0.398 e. The zero-order chi connectivity index (χ0) is 15.0. The van der Waals surface area contributed by atoms with Gasteiger partial charge in [-0.25, -0.2) is 4.98 Å². The molecule has 1 aliphatic rings. The highest BCUT2D eigenvalue weighted by atomic mass is 79.9. The summed E-state index contributed by atoms with van der Waals surface area (Å²) in [5, 5.41) is 0. The SMILES string of the molecule is Cn1ccnc1CN(C(=O)c1cc(Br)ccc1N)C1CC1. The predicted octanol–water partition coefficient (Wildman–Crippen LogP) is 2.57. The minimum Gasteiger partial charge on any atom is -0.398 e. The molecule has 2 aromatic rings. The summed E-state index contributed by atoms with van der Waals surface area (Å²) >= 11 is 3.40. The summed E-state index contributed by atoms with van der Waals surface area (Å²) in [4.78, 5) is 19.0. The van der Waals surface area contributed by atoms with Crippen molar-refractivity contribution in [2.45, 2.75) is 25.4 Å². The first-order valence-electron chi connectivity index (χ1n) is 6.88. The number of amides is 1. The van der Waals surface area contributed by atoms with E-state index in [2.05, 4.69) is 20.9 Å². The van der Waals surface area contributed by atoms with E-state index in [0.29, 0.717) is 23.8 Å². The second kappa shape index (κ2) is 5.52. The summed E-state index contributed by atoms with van der Waals surface area (Å²) in [5.41, 5.74) is 7.02. The van der Waals surface area contributed by atoms with Crippen LogP contribution in [0.25, 0.3) is 0 Å². The van der Waals surface area contributed by atoms with Crippen molar-refractivity contribution in [3.63, 3.8) is 0 Å². The van der Waals surface area contributed by atoms with E-state index in [0.717, 1.165) is 23.1 Å². The molecular weight excluding hydrogens is 332 g/mol. The Hall–Kier alpha value is -1.82. The Morgan fingerprint density at radius 2 is 2.29 bits per heavy atom. The first kappa shape index (κ1) is 14.1. The first-order chi connectivity index (χ1) is 10.1. The molecule has 1 aromatic heterocycles. The van der Waals surface area contributed by atoms with Crippen LogP contribution >= 0.6 is 15.9 Å². The van der Waals surface area contributed by atoms with E-state index in [-0.39, 0.29) is 5.91 Å². The molecule has 6 heteroatoms. The molecule has 0 radical (unpaired) electrons. The van der Waals surface area contributed by atoms with Gasteiger partial charge >= 0.3 is 0 Å². The van der Waals surface area contributed by atoms with Gasteiger partial charge in [-0.2, -0.15) is 0 Å². The zero-order valence-electron chi connectivity index (χ0n) is 11.8. The maximum atomic E-state index is 12.8. The lowest BCUT2D eigenvalue weighted by Crippen LogP contribution is -2.34. The number of carbonyl (C=O) groups is 1. The summed E-state index contributed by atoms with van der Waals surface area (Å²) in [6, 6.07) is 5.67. The predicted molar refractivity (Wildman–Crippen MR) is 84.7 cm³/mol. The fourth-order valence-corrected chi connectivity index (χ4v) is 2.68. The average Bonchev–Trinajstić information content (AvgIpc) is 3.22. The summed E-state index contributed by atoms with van der Waals surface area (Å²) in [6.45, 7) is 0.513. The van der Waals surface area contributed by atoms with Crippen molar-refractivity contribution in [1.29, 1.82) is 0 Å². The molecule has 0 spiro atoms. The minimum atomic E-state index is -0.0284. The van der Waals surface area contributed by atoms with Crippen LogP contribution in [0.4, 0.5) is 5.69 Å². The third-order valence-electron chi connectivity index (χ3n) is 3.73. The number of aryl methyl sites for hydroxylation is 1. The van der Waals surface area contributed by atoms with Crippen molar-refractivity contribution in [3.8, 4) is 0 Å². The van der Waals surface area contributed by atoms with Crippen molar-refractivity contribution >= 4 is 27.5 Å². The van der Waals surface area contributed by atoms with Gasteiger partial charge in [0.05, 0.1) is 12.1 Å². The van der Waals surface area contributed by atoms with Gasteiger partial charge in [0.2, 0.25) is 0 Å². The Balaban J connectivity index is 1.88. The molecular formula is C15H17BrN4O. The number of nitrogens with zero attached hydrogens (tertiary/aromatic N) is 3. The molecule has 0 unspecified atom stereocenters. The number of halogens is 1.